The zero-order valence-electron chi connectivity index (χ0n) is 11.0. The summed E-state index contributed by atoms with van der Waals surface area (Å²) in [6.07, 6.45) is -4.53. The number of carbonyl (C=O) groups excluding carboxylic acids is 1. The molecule has 1 aliphatic heterocycles. The number of likely N-dealkylation sites (tertiary alicyclic amines) is 1. The van der Waals surface area contributed by atoms with Gasteiger partial charge in [0.1, 0.15) is 0 Å². The van der Waals surface area contributed by atoms with Crippen molar-refractivity contribution in [2.24, 2.45) is 0 Å². The van der Waals surface area contributed by atoms with Crippen LogP contribution in [0.25, 0.3) is 0 Å². The van der Waals surface area contributed by atoms with Crippen LogP contribution < -0.4 is 5.32 Å². The summed E-state index contributed by atoms with van der Waals surface area (Å²) in [4.78, 5) is 13.5. The molecule has 0 spiro atoms. The molecule has 1 saturated heterocycles. The molecule has 0 radical (unpaired) electrons. The normalized spacial score (nSPS) is 19.8. The van der Waals surface area contributed by atoms with Crippen molar-refractivity contribution >= 4 is 23.2 Å². The van der Waals surface area contributed by atoms with Crippen molar-refractivity contribution in [1.82, 2.24) is 4.90 Å². The van der Waals surface area contributed by atoms with Crippen LogP contribution in [-0.4, -0.2) is 41.7 Å². The molecule has 1 fully saturated rings. The highest BCUT2D eigenvalue weighted by atomic mass is 35.5. The number of halogens is 4. The number of nitrogens with one attached hydrogen (secondary N) is 1. The number of alkyl halides is 3. The molecule has 1 amide bonds. The quantitative estimate of drug-likeness (QED) is 0.898. The first-order chi connectivity index (χ1) is 9.75. The number of carbonyl (C=O) groups is 1. The van der Waals surface area contributed by atoms with Crippen LogP contribution in [0.3, 0.4) is 0 Å². The number of hydrogen-bond acceptors (Lipinski definition) is 3. The molecule has 2 N–H and O–H groups in total. The Bertz CT molecular complexity index is 537. The molecule has 1 heterocycles. The van der Waals surface area contributed by atoms with Gasteiger partial charge < -0.3 is 10.4 Å². The number of aliphatic hydroxyl groups excluding tert-OH is 1. The standard InChI is InChI=1S/C13H14ClF3N2O2/c14-8-1-2-11(10(5-8)13(15,16)17)18-12(21)7-19-4-3-9(20)6-19/h1-2,5,9,20H,3-4,6-7H2,(H,18,21)/t9-/m0/s1. The maximum Gasteiger partial charge on any atom is 0.418 e. The van der Waals surface area contributed by atoms with E-state index in [1.54, 1.807) is 4.90 Å². The van der Waals surface area contributed by atoms with Gasteiger partial charge in [0, 0.05) is 18.1 Å². The van der Waals surface area contributed by atoms with E-state index in [0.717, 1.165) is 12.1 Å². The van der Waals surface area contributed by atoms with Crippen molar-refractivity contribution in [1.29, 1.82) is 0 Å². The summed E-state index contributed by atoms with van der Waals surface area (Å²) in [5.74, 6) is -0.558. The Morgan fingerprint density at radius 1 is 1.48 bits per heavy atom. The minimum Gasteiger partial charge on any atom is -0.392 e. The zero-order chi connectivity index (χ0) is 15.6. The summed E-state index contributed by atoms with van der Waals surface area (Å²) in [7, 11) is 0. The molecule has 0 unspecified atom stereocenters. The lowest BCUT2D eigenvalue weighted by Gasteiger charge is -2.17. The van der Waals surface area contributed by atoms with Gasteiger partial charge in [0.15, 0.2) is 0 Å². The highest BCUT2D eigenvalue weighted by Crippen LogP contribution is 2.36. The third-order valence-corrected chi connectivity index (χ3v) is 3.41. The van der Waals surface area contributed by atoms with E-state index in [2.05, 4.69) is 5.32 Å². The van der Waals surface area contributed by atoms with Gasteiger partial charge in [0.25, 0.3) is 0 Å². The van der Waals surface area contributed by atoms with Gasteiger partial charge in [-0.2, -0.15) is 13.2 Å². The fourth-order valence-electron chi connectivity index (χ4n) is 2.21. The number of nitrogens with zero attached hydrogens (tertiary/aromatic N) is 1. The molecule has 21 heavy (non-hydrogen) atoms. The first-order valence-electron chi connectivity index (χ1n) is 6.33. The Balaban J connectivity index is 2.07. The van der Waals surface area contributed by atoms with Crippen molar-refractivity contribution < 1.29 is 23.1 Å². The fourth-order valence-corrected chi connectivity index (χ4v) is 2.38. The largest absolute Gasteiger partial charge is 0.418 e. The number of rotatable bonds is 3. The molecule has 2 rings (SSSR count). The van der Waals surface area contributed by atoms with Gasteiger partial charge in [-0.15, -0.1) is 0 Å². The third-order valence-electron chi connectivity index (χ3n) is 3.18. The average molecular weight is 323 g/mol. The predicted octanol–water partition coefficient (Wildman–Crippen LogP) is 2.36. The van der Waals surface area contributed by atoms with Crippen LogP contribution >= 0.6 is 11.6 Å². The van der Waals surface area contributed by atoms with Crippen LogP contribution in [0.15, 0.2) is 18.2 Å². The van der Waals surface area contributed by atoms with Crippen molar-refractivity contribution in [2.45, 2.75) is 18.7 Å². The minimum atomic E-state index is -4.60. The number of anilines is 1. The van der Waals surface area contributed by atoms with Crippen molar-refractivity contribution in [3.63, 3.8) is 0 Å². The smallest absolute Gasteiger partial charge is 0.392 e. The molecule has 0 aromatic heterocycles. The average Bonchev–Trinajstić information content (AvgIpc) is 2.75. The summed E-state index contributed by atoms with van der Waals surface area (Å²) in [6.45, 7) is 0.832. The Hall–Kier alpha value is -1.31. The molecular weight excluding hydrogens is 309 g/mol. The lowest BCUT2D eigenvalue weighted by Crippen LogP contribution is -2.32. The number of β-amino-alcohol motifs (C(OH)–C–C–N with tert-alkyl or cyclic N) is 1. The number of aliphatic hydroxyl groups is 1. The molecule has 0 saturated carbocycles. The molecule has 1 aromatic carbocycles. The Morgan fingerprint density at radius 3 is 2.76 bits per heavy atom. The van der Waals surface area contributed by atoms with Crippen molar-refractivity contribution in [3.05, 3.63) is 28.8 Å². The lowest BCUT2D eigenvalue weighted by molar-refractivity contribution is -0.137. The zero-order valence-corrected chi connectivity index (χ0v) is 11.7. The lowest BCUT2D eigenvalue weighted by atomic mass is 10.1. The molecule has 0 bridgehead atoms. The Labute approximate surface area is 124 Å². The van der Waals surface area contributed by atoms with Crippen molar-refractivity contribution in [3.8, 4) is 0 Å². The summed E-state index contributed by atoms with van der Waals surface area (Å²) >= 11 is 5.56. The van der Waals surface area contributed by atoms with Crippen LogP contribution in [0, 0.1) is 0 Å². The van der Waals surface area contributed by atoms with E-state index >= 15 is 0 Å². The summed E-state index contributed by atoms with van der Waals surface area (Å²) in [6, 6.07) is 3.19. The van der Waals surface area contributed by atoms with Crippen LogP contribution in [0.2, 0.25) is 5.02 Å². The van der Waals surface area contributed by atoms with E-state index in [1.807, 2.05) is 0 Å². The van der Waals surface area contributed by atoms with Crippen molar-refractivity contribution in [2.75, 3.05) is 25.0 Å². The predicted molar refractivity (Wildman–Crippen MR) is 72.1 cm³/mol. The first-order valence-corrected chi connectivity index (χ1v) is 6.70. The monoisotopic (exact) mass is 322 g/mol. The second-order valence-electron chi connectivity index (χ2n) is 4.91. The molecule has 1 atom stereocenters. The third kappa shape index (κ3) is 4.33. The van der Waals surface area contributed by atoms with Gasteiger partial charge in [-0.25, -0.2) is 0 Å². The second-order valence-corrected chi connectivity index (χ2v) is 5.35. The maximum atomic E-state index is 12.9. The topological polar surface area (TPSA) is 52.6 Å². The van der Waals surface area contributed by atoms with E-state index in [-0.39, 0.29) is 17.3 Å². The molecule has 8 heteroatoms. The number of benzene rings is 1. The van der Waals surface area contributed by atoms with E-state index in [1.165, 1.54) is 6.07 Å². The highest BCUT2D eigenvalue weighted by molar-refractivity contribution is 6.30. The van der Waals surface area contributed by atoms with Gasteiger partial charge in [0.05, 0.1) is 23.9 Å². The van der Waals surface area contributed by atoms with Crippen LogP contribution in [0.4, 0.5) is 18.9 Å². The van der Waals surface area contributed by atoms with E-state index in [4.69, 9.17) is 11.6 Å². The Kier molecular flexibility index (Phi) is 4.75. The summed E-state index contributed by atoms with van der Waals surface area (Å²) in [5, 5.41) is 11.5. The van der Waals surface area contributed by atoms with Gasteiger partial charge in [-0.05, 0) is 24.6 Å². The number of amides is 1. The van der Waals surface area contributed by atoms with Crippen LogP contribution in [0.1, 0.15) is 12.0 Å². The highest BCUT2D eigenvalue weighted by Gasteiger charge is 2.34. The minimum absolute atomic E-state index is 0.0528. The first kappa shape index (κ1) is 16.1. The van der Waals surface area contributed by atoms with Gasteiger partial charge in [-0.1, -0.05) is 11.6 Å². The molecule has 0 aliphatic carbocycles. The van der Waals surface area contributed by atoms with Gasteiger partial charge >= 0.3 is 6.18 Å². The van der Waals surface area contributed by atoms with E-state index in [9.17, 15) is 23.1 Å². The van der Waals surface area contributed by atoms with Crippen LogP contribution in [0.5, 0.6) is 0 Å². The second kappa shape index (κ2) is 6.21. The summed E-state index contributed by atoms with van der Waals surface area (Å²) in [5.41, 5.74) is -1.30. The van der Waals surface area contributed by atoms with Gasteiger partial charge in [-0.3, -0.25) is 9.69 Å². The van der Waals surface area contributed by atoms with Gasteiger partial charge in [0.2, 0.25) is 5.91 Å². The van der Waals surface area contributed by atoms with Crippen LogP contribution in [-0.2, 0) is 11.0 Å². The fraction of sp³-hybridized carbons (Fsp3) is 0.462. The molecule has 4 nitrogen and oxygen atoms in total. The molecular formula is C13H14ClF3N2O2. The van der Waals surface area contributed by atoms with E-state index < -0.39 is 23.8 Å². The number of hydrogen-bond donors (Lipinski definition) is 2. The molecule has 1 aromatic rings. The maximum absolute atomic E-state index is 12.9. The summed E-state index contributed by atoms with van der Waals surface area (Å²) < 4.78 is 38.6. The van der Waals surface area contributed by atoms with E-state index in [0.29, 0.717) is 19.5 Å². The Morgan fingerprint density at radius 2 is 2.19 bits per heavy atom. The molecule has 116 valence electrons. The SMILES string of the molecule is O=C(CN1CC[C@H](O)C1)Nc1ccc(Cl)cc1C(F)(F)F. The molecule has 1 aliphatic rings.